The molecule has 0 heterocycles. The van der Waals surface area contributed by atoms with Gasteiger partial charge in [-0.25, -0.2) is 0 Å². The van der Waals surface area contributed by atoms with Gasteiger partial charge in [-0.3, -0.25) is 9.69 Å². The van der Waals surface area contributed by atoms with Gasteiger partial charge < -0.3 is 10.6 Å². The van der Waals surface area contributed by atoms with Gasteiger partial charge in [0.1, 0.15) is 0 Å². The van der Waals surface area contributed by atoms with Crippen LogP contribution in [0.4, 0.5) is 5.69 Å². The molecule has 1 fully saturated rings. The summed E-state index contributed by atoms with van der Waals surface area (Å²) >= 11 is 0. The zero-order valence-electron chi connectivity index (χ0n) is 13.4. The molecule has 116 valence electrons. The Bertz CT molecular complexity index is 481. The number of hydrogen-bond donors (Lipinski definition) is 1. The number of nitrogen functional groups attached to an aromatic ring is 1. The molecular formula is C17H27N3O. The van der Waals surface area contributed by atoms with E-state index in [2.05, 4.69) is 11.0 Å². The highest BCUT2D eigenvalue weighted by atomic mass is 16.2. The minimum atomic E-state index is -0.0705. The highest BCUT2D eigenvalue weighted by Gasteiger charge is 2.36. The van der Waals surface area contributed by atoms with Gasteiger partial charge in [0, 0.05) is 31.4 Å². The smallest absolute Gasteiger partial charge is 0.239 e. The van der Waals surface area contributed by atoms with E-state index in [1.807, 2.05) is 43.9 Å². The first-order chi connectivity index (χ1) is 10.1. The summed E-state index contributed by atoms with van der Waals surface area (Å²) in [5.74, 6) is 0.232. The Labute approximate surface area is 127 Å². The number of carbonyl (C=O) groups excluding carboxylic acids is 1. The van der Waals surface area contributed by atoms with Crippen molar-refractivity contribution in [2.24, 2.45) is 0 Å². The molecule has 0 aromatic heterocycles. The van der Waals surface area contributed by atoms with Crippen molar-refractivity contribution in [2.75, 3.05) is 18.8 Å². The zero-order chi connectivity index (χ0) is 15.4. The first-order valence-electron chi connectivity index (χ1n) is 7.95. The summed E-state index contributed by atoms with van der Waals surface area (Å²) in [4.78, 5) is 16.8. The molecule has 1 aliphatic rings. The molecule has 4 nitrogen and oxygen atoms in total. The van der Waals surface area contributed by atoms with E-state index >= 15 is 0 Å². The van der Waals surface area contributed by atoms with Gasteiger partial charge in [0.2, 0.25) is 5.91 Å². The maximum absolute atomic E-state index is 12.6. The highest BCUT2D eigenvalue weighted by Crippen LogP contribution is 2.31. The predicted molar refractivity (Wildman–Crippen MR) is 86.8 cm³/mol. The van der Waals surface area contributed by atoms with Crippen molar-refractivity contribution in [3.05, 3.63) is 29.8 Å². The Hall–Kier alpha value is -1.55. The summed E-state index contributed by atoms with van der Waals surface area (Å²) in [7, 11) is 0. The molecule has 1 unspecified atom stereocenters. The van der Waals surface area contributed by atoms with Crippen molar-refractivity contribution in [1.29, 1.82) is 0 Å². The monoisotopic (exact) mass is 289 g/mol. The fourth-order valence-electron chi connectivity index (χ4n) is 2.83. The van der Waals surface area contributed by atoms with Crippen molar-refractivity contribution < 1.29 is 4.79 Å². The van der Waals surface area contributed by atoms with Crippen LogP contribution >= 0.6 is 0 Å². The van der Waals surface area contributed by atoms with E-state index in [4.69, 9.17) is 5.73 Å². The van der Waals surface area contributed by atoms with Gasteiger partial charge >= 0.3 is 0 Å². The molecule has 4 heteroatoms. The lowest BCUT2D eigenvalue weighted by molar-refractivity contribution is -0.136. The largest absolute Gasteiger partial charge is 0.399 e. The third kappa shape index (κ3) is 3.97. The van der Waals surface area contributed by atoms with E-state index in [1.54, 1.807) is 0 Å². The average Bonchev–Trinajstić information content (AvgIpc) is 3.30. The normalized spacial score (nSPS) is 16.0. The minimum Gasteiger partial charge on any atom is -0.399 e. The summed E-state index contributed by atoms with van der Waals surface area (Å²) in [6.45, 7) is 8.45. The molecule has 0 aliphatic heterocycles. The van der Waals surface area contributed by atoms with Crippen LogP contribution in [0.3, 0.4) is 0 Å². The van der Waals surface area contributed by atoms with Gasteiger partial charge in [0.25, 0.3) is 0 Å². The van der Waals surface area contributed by atoms with Crippen molar-refractivity contribution in [1.82, 2.24) is 9.80 Å². The second kappa shape index (κ2) is 6.94. The van der Waals surface area contributed by atoms with E-state index in [9.17, 15) is 4.79 Å². The lowest BCUT2D eigenvalue weighted by atomic mass is 10.1. The SMILES string of the molecule is CCN(CC)C(=O)C(C)N(Cc1cccc(N)c1)C1CC1. The maximum atomic E-state index is 12.6. The Morgan fingerprint density at radius 1 is 1.33 bits per heavy atom. The number of nitrogens with zero attached hydrogens (tertiary/aromatic N) is 2. The fourth-order valence-corrected chi connectivity index (χ4v) is 2.83. The molecule has 1 aromatic rings. The van der Waals surface area contributed by atoms with Crippen LogP contribution in [0.1, 0.15) is 39.2 Å². The van der Waals surface area contributed by atoms with E-state index < -0.39 is 0 Å². The highest BCUT2D eigenvalue weighted by molar-refractivity contribution is 5.81. The number of benzene rings is 1. The molecule has 1 atom stereocenters. The first-order valence-corrected chi connectivity index (χ1v) is 7.95. The van der Waals surface area contributed by atoms with Crippen LogP contribution in [-0.4, -0.2) is 40.9 Å². The second-order valence-electron chi connectivity index (χ2n) is 5.84. The second-order valence-corrected chi connectivity index (χ2v) is 5.84. The van der Waals surface area contributed by atoms with Gasteiger partial charge in [0.15, 0.2) is 0 Å². The Morgan fingerprint density at radius 2 is 2.00 bits per heavy atom. The fraction of sp³-hybridized carbons (Fsp3) is 0.588. The van der Waals surface area contributed by atoms with E-state index in [-0.39, 0.29) is 11.9 Å². The first kappa shape index (κ1) is 15.8. The van der Waals surface area contributed by atoms with Crippen LogP contribution in [0.2, 0.25) is 0 Å². The molecule has 1 aliphatic carbocycles. The number of nitrogens with two attached hydrogens (primary N) is 1. The lowest BCUT2D eigenvalue weighted by Gasteiger charge is -2.32. The number of amides is 1. The van der Waals surface area contributed by atoms with Gasteiger partial charge in [-0.1, -0.05) is 12.1 Å². The minimum absolute atomic E-state index is 0.0705. The van der Waals surface area contributed by atoms with Crippen molar-refractivity contribution in [3.63, 3.8) is 0 Å². The van der Waals surface area contributed by atoms with Crippen LogP contribution in [0.5, 0.6) is 0 Å². The van der Waals surface area contributed by atoms with Gasteiger partial charge in [0.05, 0.1) is 6.04 Å². The molecule has 0 radical (unpaired) electrons. The molecule has 0 saturated heterocycles. The number of likely N-dealkylation sites (N-methyl/N-ethyl adjacent to an activating group) is 1. The standard InChI is InChI=1S/C17H27N3O/c1-4-19(5-2)17(21)13(3)20(16-9-10-16)12-14-7-6-8-15(18)11-14/h6-8,11,13,16H,4-5,9-10,12,18H2,1-3H3. The summed E-state index contributed by atoms with van der Waals surface area (Å²) < 4.78 is 0. The number of anilines is 1. The summed E-state index contributed by atoms with van der Waals surface area (Å²) in [5, 5.41) is 0. The molecule has 21 heavy (non-hydrogen) atoms. The Morgan fingerprint density at radius 3 is 2.52 bits per heavy atom. The molecule has 1 saturated carbocycles. The van der Waals surface area contributed by atoms with E-state index in [0.717, 1.165) is 25.3 Å². The van der Waals surface area contributed by atoms with E-state index in [1.165, 1.54) is 18.4 Å². The van der Waals surface area contributed by atoms with Crippen LogP contribution in [0.25, 0.3) is 0 Å². The summed E-state index contributed by atoms with van der Waals surface area (Å²) in [6, 6.07) is 8.44. The molecule has 2 N–H and O–H groups in total. The summed E-state index contributed by atoms with van der Waals surface area (Å²) in [6.07, 6.45) is 2.39. The molecule has 0 bridgehead atoms. The van der Waals surface area contributed by atoms with E-state index in [0.29, 0.717) is 6.04 Å². The third-order valence-electron chi connectivity index (χ3n) is 4.26. The number of rotatable bonds is 7. The number of hydrogen-bond acceptors (Lipinski definition) is 3. The molecule has 1 aromatic carbocycles. The van der Waals surface area contributed by atoms with Crippen LogP contribution < -0.4 is 5.73 Å². The van der Waals surface area contributed by atoms with Crippen molar-refractivity contribution in [3.8, 4) is 0 Å². The van der Waals surface area contributed by atoms with Crippen molar-refractivity contribution >= 4 is 11.6 Å². The van der Waals surface area contributed by atoms with Crippen molar-refractivity contribution in [2.45, 2.75) is 52.2 Å². The third-order valence-corrected chi connectivity index (χ3v) is 4.26. The van der Waals surface area contributed by atoms with Crippen LogP contribution in [-0.2, 0) is 11.3 Å². The molecule has 2 rings (SSSR count). The van der Waals surface area contributed by atoms with Crippen LogP contribution in [0.15, 0.2) is 24.3 Å². The molecule has 0 spiro atoms. The van der Waals surface area contributed by atoms with Gasteiger partial charge in [-0.05, 0) is 51.3 Å². The molecular weight excluding hydrogens is 262 g/mol. The zero-order valence-corrected chi connectivity index (χ0v) is 13.4. The van der Waals surface area contributed by atoms with Crippen LogP contribution in [0, 0.1) is 0 Å². The predicted octanol–water partition coefficient (Wildman–Crippen LogP) is 2.49. The summed E-state index contributed by atoms with van der Waals surface area (Å²) in [5.41, 5.74) is 7.82. The number of carbonyl (C=O) groups is 1. The van der Waals surface area contributed by atoms with Gasteiger partial charge in [-0.15, -0.1) is 0 Å². The molecule has 1 amide bonds. The lowest BCUT2D eigenvalue weighted by Crippen LogP contribution is -2.47. The Kier molecular flexibility index (Phi) is 5.23. The van der Waals surface area contributed by atoms with Gasteiger partial charge in [-0.2, -0.15) is 0 Å². The topological polar surface area (TPSA) is 49.6 Å². The maximum Gasteiger partial charge on any atom is 0.239 e. The Balaban J connectivity index is 2.10. The average molecular weight is 289 g/mol. The quantitative estimate of drug-likeness (QED) is 0.785.